The molecule has 1 aliphatic rings. The zero-order chi connectivity index (χ0) is 14.7. The predicted molar refractivity (Wildman–Crippen MR) is 76.3 cm³/mol. The van der Waals surface area contributed by atoms with Gasteiger partial charge in [0.15, 0.2) is 0 Å². The van der Waals surface area contributed by atoms with Gasteiger partial charge in [-0.15, -0.1) is 0 Å². The molecular weight excluding hydrogens is 256 g/mol. The first-order valence-electron chi connectivity index (χ1n) is 6.79. The van der Waals surface area contributed by atoms with Crippen LogP contribution in [0.2, 0.25) is 0 Å². The fraction of sp³-hybridized carbons (Fsp3) is 0.467. The van der Waals surface area contributed by atoms with Crippen LogP contribution in [0.3, 0.4) is 0 Å². The van der Waals surface area contributed by atoms with E-state index in [0.29, 0.717) is 24.2 Å². The molecular formula is C15H20N2O3. The molecule has 0 aliphatic carbocycles. The van der Waals surface area contributed by atoms with Crippen LogP contribution in [0.1, 0.15) is 35.2 Å². The highest BCUT2D eigenvalue weighted by Gasteiger charge is 2.33. The molecule has 1 aromatic rings. The van der Waals surface area contributed by atoms with E-state index in [-0.39, 0.29) is 11.9 Å². The average molecular weight is 276 g/mol. The fourth-order valence-electron chi connectivity index (χ4n) is 2.58. The van der Waals surface area contributed by atoms with E-state index in [2.05, 4.69) is 0 Å². The van der Waals surface area contributed by atoms with Crippen molar-refractivity contribution in [3.05, 3.63) is 29.3 Å². The van der Waals surface area contributed by atoms with Crippen LogP contribution in [0.15, 0.2) is 18.2 Å². The Morgan fingerprint density at radius 3 is 2.80 bits per heavy atom. The van der Waals surface area contributed by atoms with E-state index in [9.17, 15) is 9.59 Å². The molecule has 5 heteroatoms. The summed E-state index contributed by atoms with van der Waals surface area (Å²) in [6, 6.07) is 4.77. The van der Waals surface area contributed by atoms with Crippen molar-refractivity contribution in [1.82, 2.24) is 4.90 Å². The van der Waals surface area contributed by atoms with Crippen molar-refractivity contribution in [3.8, 4) is 0 Å². The Hall–Kier alpha value is -2.04. The summed E-state index contributed by atoms with van der Waals surface area (Å²) >= 11 is 0. The molecule has 0 radical (unpaired) electrons. The van der Waals surface area contributed by atoms with Crippen LogP contribution in [-0.4, -0.2) is 36.5 Å². The van der Waals surface area contributed by atoms with Crippen LogP contribution in [-0.2, 0) is 9.53 Å². The number of methoxy groups -OCH3 is 1. The van der Waals surface area contributed by atoms with Crippen molar-refractivity contribution in [1.29, 1.82) is 0 Å². The number of hydrogen-bond donors (Lipinski definition) is 1. The first-order valence-corrected chi connectivity index (χ1v) is 6.79. The molecule has 0 bridgehead atoms. The van der Waals surface area contributed by atoms with Gasteiger partial charge in [0.25, 0.3) is 5.91 Å². The number of hydrogen-bond acceptors (Lipinski definition) is 4. The van der Waals surface area contributed by atoms with Gasteiger partial charge >= 0.3 is 5.97 Å². The van der Waals surface area contributed by atoms with E-state index in [1.165, 1.54) is 7.11 Å². The van der Waals surface area contributed by atoms with Gasteiger partial charge in [-0.2, -0.15) is 0 Å². The molecule has 5 nitrogen and oxygen atoms in total. The molecule has 1 heterocycles. The molecule has 1 saturated heterocycles. The van der Waals surface area contributed by atoms with Crippen molar-refractivity contribution in [2.75, 3.05) is 19.4 Å². The van der Waals surface area contributed by atoms with Gasteiger partial charge in [-0.3, -0.25) is 4.79 Å². The topological polar surface area (TPSA) is 72.6 Å². The second kappa shape index (κ2) is 5.94. The van der Waals surface area contributed by atoms with E-state index < -0.39 is 6.04 Å². The monoisotopic (exact) mass is 276 g/mol. The lowest BCUT2D eigenvalue weighted by Crippen LogP contribution is -2.48. The quantitative estimate of drug-likeness (QED) is 0.659. The van der Waals surface area contributed by atoms with E-state index in [4.69, 9.17) is 10.5 Å². The fourth-order valence-corrected chi connectivity index (χ4v) is 2.58. The number of rotatable bonds is 2. The first-order chi connectivity index (χ1) is 9.54. The summed E-state index contributed by atoms with van der Waals surface area (Å²) in [5.41, 5.74) is 7.72. The molecule has 1 aliphatic heterocycles. The molecule has 0 spiro atoms. The summed E-state index contributed by atoms with van der Waals surface area (Å²) in [5.74, 6) is -0.496. The summed E-state index contributed by atoms with van der Waals surface area (Å²) < 4.78 is 4.80. The molecule has 1 amide bonds. The smallest absolute Gasteiger partial charge is 0.328 e. The number of benzene rings is 1. The Morgan fingerprint density at radius 1 is 1.35 bits per heavy atom. The van der Waals surface area contributed by atoms with Crippen LogP contribution < -0.4 is 5.73 Å². The second-order valence-electron chi connectivity index (χ2n) is 5.11. The molecule has 108 valence electrons. The average Bonchev–Trinajstić information content (AvgIpc) is 2.48. The minimum absolute atomic E-state index is 0.148. The highest BCUT2D eigenvalue weighted by molar-refractivity contribution is 5.98. The maximum atomic E-state index is 12.7. The number of piperidine rings is 1. The molecule has 2 rings (SSSR count). The predicted octanol–water partition coefficient (Wildman–Crippen LogP) is 1.74. The number of nitrogens with two attached hydrogens (primary N) is 1. The van der Waals surface area contributed by atoms with Gasteiger partial charge < -0.3 is 15.4 Å². The number of carbonyl (C=O) groups excluding carboxylic acids is 2. The lowest BCUT2D eigenvalue weighted by Gasteiger charge is -2.34. The van der Waals surface area contributed by atoms with Gasteiger partial charge in [0.05, 0.1) is 7.11 Å². The third kappa shape index (κ3) is 2.76. The molecule has 0 aromatic heterocycles. The molecule has 1 aromatic carbocycles. The maximum Gasteiger partial charge on any atom is 0.328 e. The van der Waals surface area contributed by atoms with Gasteiger partial charge in [0.2, 0.25) is 0 Å². The minimum atomic E-state index is -0.484. The number of carbonyl (C=O) groups is 2. The molecule has 1 atom stereocenters. The van der Waals surface area contributed by atoms with Crippen LogP contribution in [0.4, 0.5) is 5.69 Å². The highest BCUT2D eigenvalue weighted by atomic mass is 16.5. The third-order valence-corrected chi connectivity index (χ3v) is 3.73. The number of nitrogen functional groups attached to an aromatic ring is 1. The minimum Gasteiger partial charge on any atom is -0.467 e. The van der Waals surface area contributed by atoms with Gasteiger partial charge in [-0.05, 0) is 43.9 Å². The number of ether oxygens (including phenoxy) is 1. The van der Waals surface area contributed by atoms with Crippen molar-refractivity contribution >= 4 is 17.6 Å². The Labute approximate surface area is 118 Å². The van der Waals surface area contributed by atoms with Crippen LogP contribution >= 0.6 is 0 Å². The highest BCUT2D eigenvalue weighted by Crippen LogP contribution is 2.23. The Morgan fingerprint density at radius 2 is 2.10 bits per heavy atom. The third-order valence-electron chi connectivity index (χ3n) is 3.73. The Bertz CT molecular complexity index is 528. The van der Waals surface area contributed by atoms with E-state index in [0.717, 1.165) is 18.4 Å². The molecule has 1 fully saturated rings. The number of anilines is 1. The molecule has 2 N–H and O–H groups in total. The summed E-state index contributed by atoms with van der Waals surface area (Å²) in [6.45, 7) is 2.44. The maximum absolute atomic E-state index is 12.7. The summed E-state index contributed by atoms with van der Waals surface area (Å²) in [7, 11) is 1.35. The summed E-state index contributed by atoms with van der Waals surface area (Å²) in [5, 5.41) is 0. The standard InChI is InChI=1S/C15H20N2O3/c1-10-6-7-11(16)9-12(10)14(18)17-8-4-3-5-13(17)15(19)20-2/h6-7,9,13H,3-5,8,16H2,1-2H3. The SMILES string of the molecule is COC(=O)C1CCCCN1C(=O)c1cc(N)ccc1C. The van der Waals surface area contributed by atoms with Crippen molar-refractivity contribution in [3.63, 3.8) is 0 Å². The van der Waals surface area contributed by atoms with Crippen LogP contribution in [0.5, 0.6) is 0 Å². The zero-order valence-corrected chi connectivity index (χ0v) is 11.9. The largest absolute Gasteiger partial charge is 0.467 e. The normalized spacial score (nSPS) is 18.7. The van der Waals surface area contributed by atoms with Gasteiger partial charge in [-0.25, -0.2) is 4.79 Å². The first kappa shape index (κ1) is 14.4. The number of aryl methyl sites for hydroxylation is 1. The Balaban J connectivity index is 2.30. The van der Waals surface area contributed by atoms with Gasteiger partial charge in [-0.1, -0.05) is 6.07 Å². The van der Waals surface area contributed by atoms with Crippen molar-refractivity contribution in [2.24, 2.45) is 0 Å². The molecule has 0 saturated carbocycles. The van der Waals surface area contributed by atoms with E-state index in [1.807, 2.05) is 13.0 Å². The van der Waals surface area contributed by atoms with Crippen molar-refractivity contribution in [2.45, 2.75) is 32.2 Å². The van der Waals surface area contributed by atoms with Gasteiger partial charge in [0, 0.05) is 17.8 Å². The second-order valence-corrected chi connectivity index (χ2v) is 5.11. The number of esters is 1. The zero-order valence-electron chi connectivity index (χ0n) is 11.9. The number of likely N-dealkylation sites (tertiary alicyclic amines) is 1. The number of nitrogens with zero attached hydrogens (tertiary/aromatic N) is 1. The van der Waals surface area contributed by atoms with Gasteiger partial charge in [0.1, 0.15) is 6.04 Å². The molecule has 1 unspecified atom stereocenters. The van der Waals surface area contributed by atoms with E-state index >= 15 is 0 Å². The summed E-state index contributed by atoms with van der Waals surface area (Å²) in [6.07, 6.45) is 2.49. The summed E-state index contributed by atoms with van der Waals surface area (Å²) in [4.78, 5) is 26.1. The van der Waals surface area contributed by atoms with Crippen LogP contribution in [0, 0.1) is 6.92 Å². The lowest BCUT2D eigenvalue weighted by molar-refractivity contribution is -0.147. The van der Waals surface area contributed by atoms with Crippen LogP contribution in [0.25, 0.3) is 0 Å². The van der Waals surface area contributed by atoms with Crippen molar-refractivity contribution < 1.29 is 14.3 Å². The molecule has 20 heavy (non-hydrogen) atoms. The Kier molecular flexibility index (Phi) is 4.27. The number of amides is 1. The lowest BCUT2D eigenvalue weighted by atomic mass is 9.99. The van der Waals surface area contributed by atoms with E-state index in [1.54, 1.807) is 17.0 Å².